The fourth-order valence-corrected chi connectivity index (χ4v) is 7.68. The van der Waals surface area contributed by atoms with Gasteiger partial charge in [-0.3, -0.25) is 0 Å². The number of benzene rings is 10. The Morgan fingerprint density at radius 1 is 0.340 bits per heavy atom. The third-order valence-electron chi connectivity index (χ3n) is 10.1. The van der Waals surface area contributed by atoms with Crippen LogP contribution in [0.25, 0.3) is 110 Å². The molecule has 53 heavy (non-hydrogen) atoms. The predicted octanol–water partition coefficient (Wildman–Crippen LogP) is 14.9. The van der Waals surface area contributed by atoms with Gasteiger partial charge in [0.1, 0.15) is 11.2 Å². The Labute approximate surface area is 325 Å². The second-order valence-electron chi connectivity index (χ2n) is 13.1. The lowest BCUT2D eigenvalue weighted by Crippen LogP contribution is -1.90. The molecule has 0 fully saturated rings. The maximum atomic E-state index is 9.28. The second kappa shape index (κ2) is 11.8. The zero-order valence-corrected chi connectivity index (χ0v) is 27.9. The number of hydrogen-bond donors (Lipinski definition) is 0. The smallest absolute Gasteiger partial charge is 0.143 e. The SMILES string of the molecule is [2H]c1c([2H])c([2H])c(-c2c3c([2H])c([2H])c([2H])c([2H])c3c(-c3ccc4cc(-c5cccc6c5oc5ccc(-c7ccc8ccccc8c7)cc56)ccc4c3)c3c([2H])c([2H])c([2H])c([2H])c23)c([2H])c1[2H]. The van der Waals surface area contributed by atoms with Crippen molar-refractivity contribution in [1.82, 2.24) is 0 Å². The predicted molar refractivity (Wildman–Crippen MR) is 225 cm³/mol. The molecule has 0 amide bonds. The maximum absolute atomic E-state index is 9.28. The molecule has 0 saturated carbocycles. The van der Waals surface area contributed by atoms with Crippen molar-refractivity contribution in [2.45, 2.75) is 0 Å². The van der Waals surface area contributed by atoms with Gasteiger partial charge in [-0.1, -0.05) is 163 Å². The fraction of sp³-hybridized carbons (Fsp3) is 0. The number of para-hydroxylation sites is 1. The van der Waals surface area contributed by atoms with Crippen molar-refractivity contribution in [1.29, 1.82) is 0 Å². The summed E-state index contributed by atoms with van der Waals surface area (Å²) in [5, 5.41) is 5.04. The summed E-state index contributed by atoms with van der Waals surface area (Å²) >= 11 is 0. The number of furan rings is 1. The normalized spacial score (nSPS) is 15.2. The van der Waals surface area contributed by atoms with Crippen molar-refractivity contribution in [3.63, 3.8) is 0 Å². The van der Waals surface area contributed by atoms with E-state index in [2.05, 4.69) is 42.5 Å². The van der Waals surface area contributed by atoms with Crippen LogP contribution in [0.15, 0.2) is 198 Å². The van der Waals surface area contributed by atoms with Gasteiger partial charge in [-0.2, -0.15) is 0 Å². The number of hydrogen-bond acceptors (Lipinski definition) is 1. The summed E-state index contributed by atoms with van der Waals surface area (Å²) in [5.41, 5.74) is 5.07. The first-order valence-electron chi connectivity index (χ1n) is 23.7. The maximum Gasteiger partial charge on any atom is 0.143 e. The molecule has 0 spiro atoms. The number of fused-ring (bicyclic) bond motifs is 7. The molecule has 1 nitrogen and oxygen atoms in total. The summed E-state index contributed by atoms with van der Waals surface area (Å²) in [7, 11) is 0. The van der Waals surface area contributed by atoms with Gasteiger partial charge in [-0.05, 0) is 112 Å². The Hall–Kier alpha value is -6.96. The molecule has 1 heteroatoms. The van der Waals surface area contributed by atoms with Crippen molar-refractivity contribution >= 4 is 65.0 Å². The highest BCUT2D eigenvalue weighted by molar-refractivity contribution is 6.22. The van der Waals surface area contributed by atoms with Gasteiger partial charge in [0.15, 0.2) is 0 Å². The zero-order valence-electron chi connectivity index (χ0n) is 40.9. The van der Waals surface area contributed by atoms with Gasteiger partial charge in [-0.25, -0.2) is 0 Å². The summed E-state index contributed by atoms with van der Waals surface area (Å²) in [6.07, 6.45) is 0. The molecule has 0 unspecified atom stereocenters. The molecule has 0 atom stereocenters. The molecule has 0 saturated heterocycles. The highest BCUT2D eigenvalue weighted by Gasteiger charge is 2.18. The Morgan fingerprint density at radius 3 is 1.60 bits per heavy atom. The van der Waals surface area contributed by atoms with Crippen LogP contribution in [0, 0.1) is 0 Å². The van der Waals surface area contributed by atoms with Crippen molar-refractivity contribution in [3.05, 3.63) is 194 Å². The average Bonchev–Trinajstić information content (AvgIpc) is 3.72. The van der Waals surface area contributed by atoms with Crippen LogP contribution in [0.1, 0.15) is 17.8 Å². The first kappa shape index (κ1) is 19.6. The van der Waals surface area contributed by atoms with Crippen molar-refractivity contribution in [2.24, 2.45) is 0 Å². The number of rotatable bonds is 4. The van der Waals surface area contributed by atoms with E-state index in [1.165, 1.54) is 5.39 Å². The van der Waals surface area contributed by atoms with Crippen molar-refractivity contribution in [2.75, 3.05) is 0 Å². The van der Waals surface area contributed by atoms with E-state index >= 15 is 0 Å². The molecule has 1 aromatic heterocycles. The van der Waals surface area contributed by atoms with Crippen LogP contribution >= 0.6 is 0 Å². The fourth-order valence-electron chi connectivity index (χ4n) is 7.68. The Morgan fingerprint density at radius 2 is 0.868 bits per heavy atom. The van der Waals surface area contributed by atoms with Gasteiger partial charge in [0, 0.05) is 16.3 Å². The van der Waals surface area contributed by atoms with Crippen LogP contribution in [0.5, 0.6) is 0 Å². The quantitative estimate of drug-likeness (QED) is 0.168. The van der Waals surface area contributed by atoms with E-state index < -0.39 is 84.1 Å². The first-order chi connectivity index (χ1) is 31.7. The van der Waals surface area contributed by atoms with Gasteiger partial charge in [0.25, 0.3) is 0 Å². The van der Waals surface area contributed by atoms with Crippen LogP contribution in [-0.2, 0) is 0 Å². The lowest BCUT2D eigenvalue weighted by atomic mass is 9.85. The Bertz CT molecular complexity index is 3880. The molecule has 11 aromatic rings. The minimum atomic E-state index is -0.713. The average molecular weight is 686 g/mol. The van der Waals surface area contributed by atoms with E-state index in [0.717, 1.165) is 55.0 Å². The molecule has 10 aromatic carbocycles. The lowest BCUT2D eigenvalue weighted by molar-refractivity contribution is 0.670. The minimum absolute atomic E-state index is 0.0798. The summed E-state index contributed by atoms with van der Waals surface area (Å²) in [5.74, 6) is 0. The van der Waals surface area contributed by atoms with Crippen molar-refractivity contribution in [3.8, 4) is 44.5 Å². The summed E-state index contributed by atoms with van der Waals surface area (Å²) < 4.78 is 122. The molecule has 246 valence electrons. The molecule has 0 aliphatic carbocycles. The lowest BCUT2D eigenvalue weighted by Gasteiger charge is -2.18. The molecule has 0 radical (unpaired) electrons. The van der Waals surface area contributed by atoms with E-state index in [-0.39, 0.29) is 32.7 Å². The molecular formula is C52H32O. The second-order valence-corrected chi connectivity index (χ2v) is 13.1. The standard InChI is InChI=1S/C52H32O/c1-2-12-34(13-3-1)50-43-15-6-8-17-45(43)51(46-18-9-7-16-44(46)50)41-26-24-37-30-40(25-23-38(37)31-41)42-19-10-20-47-48-32-39(27-28-49(48)53-52(42)47)36-22-21-33-11-4-5-14-35(33)29-36/h1-32H/i1D,2D,3D,6D,7D,8D,9D,12D,13D,15D,16D,17D,18D. The summed E-state index contributed by atoms with van der Waals surface area (Å²) in [6.45, 7) is 0. The van der Waals surface area contributed by atoms with Crippen LogP contribution in [-0.4, -0.2) is 0 Å². The molecule has 0 N–H and O–H groups in total. The van der Waals surface area contributed by atoms with E-state index in [0.29, 0.717) is 10.9 Å². The summed E-state index contributed by atoms with van der Waals surface area (Å²) in [4.78, 5) is 0. The third kappa shape index (κ3) is 4.79. The molecule has 0 aliphatic heterocycles. The van der Waals surface area contributed by atoms with Gasteiger partial charge in [-0.15, -0.1) is 0 Å². The van der Waals surface area contributed by atoms with Gasteiger partial charge in [0.2, 0.25) is 0 Å². The Balaban J connectivity index is 1.12. The van der Waals surface area contributed by atoms with E-state index in [1.54, 1.807) is 12.1 Å². The highest BCUT2D eigenvalue weighted by atomic mass is 16.3. The molecule has 11 rings (SSSR count). The van der Waals surface area contributed by atoms with Crippen LogP contribution < -0.4 is 0 Å². The molecular weight excluding hydrogens is 641 g/mol. The highest BCUT2D eigenvalue weighted by Crippen LogP contribution is 2.45. The van der Waals surface area contributed by atoms with Crippen LogP contribution in [0.3, 0.4) is 0 Å². The molecule has 0 aliphatic rings. The van der Waals surface area contributed by atoms with E-state index in [1.807, 2.05) is 60.7 Å². The van der Waals surface area contributed by atoms with Gasteiger partial charge >= 0.3 is 0 Å². The third-order valence-corrected chi connectivity index (χ3v) is 10.1. The topological polar surface area (TPSA) is 13.1 Å². The largest absolute Gasteiger partial charge is 0.455 e. The summed E-state index contributed by atoms with van der Waals surface area (Å²) in [6, 6.07) is 29.9. The van der Waals surface area contributed by atoms with Crippen molar-refractivity contribution < 1.29 is 22.2 Å². The van der Waals surface area contributed by atoms with E-state index in [9.17, 15) is 5.48 Å². The zero-order chi connectivity index (χ0) is 46.2. The van der Waals surface area contributed by atoms with Crippen LogP contribution in [0.4, 0.5) is 0 Å². The Kier molecular flexibility index (Phi) is 4.36. The minimum Gasteiger partial charge on any atom is -0.455 e. The molecule has 0 bridgehead atoms. The van der Waals surface area contributed by atoms with Crippen LogP contribution in [0.2, 0.25) is 0 Å². The van der Waals surface area contributed by atoms with Gasteiger partial charge in [0.05, 0.1) is 17.8 Å². The molecule has 1 heterocycles. The van der Waals surface area contributed by atoms with E-state index in [4.69, 9.17) is 16.8 Å². The van der Waals surface area contributed by atoms with Gasteiger partial charge < -0.3 is 4.42 Å². The first-order valence-corrected chi connectivity index (χ1v) is 17.2. The monoisotopic (exact) mass is 685 g/mol.